The zero-order valence-electron chi connectivity index (χ0n) is 15.6. The van der Waals surface area contributed by atoms with E-state index in [4.69, 9.17) is 23.2 Å². The smallest absolute Gasteiger partial charge is 0.321 e. The van der Waals surface area contributed by atoms with Crippen LogP contribution in [-0.4, -0.2) is 43.8 Å². The fourth-order valence-corrected chi connectivity index (χ4v) is 3.51. The van der Waals surface area contributed by atoms with E-state index < -0.39 is 24.0 Å². The maximum absolute atomic E-state index is 11.7. The normalized spacial score (nSPS) is 13.0. The Hall–Kier alpha value is -2.09. The molecule has 1 aromatic carbocycles. The molecule has 0 fully saturated rings. The molecule has 29 heavy (non-hydrogen) atoms. The average molecular weight is 444 g/mol. The van der Waals surface area contributed by atoms with Crippen molar-refractivity contribution in [2.24, 2.45) is 5.92 Å². The minimum absolute atomic E-state index is 0. The number of hydrogen-bond acceptors (Lipinski definition) is 4. The Morgan fingerprint density at radius 2 is 1.69 bits per heavy atom. The number of aromatic nitrogens is 2. The van der Waals surface area contributed by atoms with Crippen LogP contribution in [0.3, 0.4) is 0 Å². The molecule has 3 N–H and O–H groups in total. The van der Waals surface area contributed by atoms with Crippen molar-refractivity contribution in [1.82, 2.24) is 14.9 Å². The number of nitrogens with one attached hydrogen (secondary N) is 1. The molecule has 1 aromatic heterocycles. The zero-order chi connectivity index (χ0) is 20.8. The fourth-order valence-electron chi connectivity index (χ4n) is 2.94. The molecule has 0 bridgehead atoms. The van der Waals surface area contributed by atoms with Crippen molar-refractivity contribution < 1.29 is 19.8 Å². The van der Waals surface area contributed by atoms with Crippen LogP contribution in [0.1, 0.15) is 39.0 Å². The number of carboxylic acid groups (broad SMARTS) is 2. The van der Waals surface area contributed by atoms with E-state index >= 15 is 0 Å². The predicted octanol–water partition coefficient (Wildman–Crippen LogP) is 3.96. The summed E-state index contributed by atoms with van der Waals surface area (Å²) < 4.78 is 1.79. The number of rotatable bonds is 10. The maximum Gasteiger partial charge on any atom is 0.321 e. The molecule has 2 rings (SSSR count). The quantitative estimate of drug-likeness (QED) is 0.513. The molecular formula is C20H27Cl2N3O4. The first-order valence-electron chi connectivity index (χ1n) is 8.81. The van der Waals surface area contributed by atoms with Gasteiger partial charge in [-0.05, 0) is 36.1 Å². The monoisotopic (exact) mass is 443 g/mol. The van der Waals surface area contributed by atoms with Crippen LogP contribution in [0.2, 0.25) is 10.0 Å². The van der Waals surface area contributed by atoms with E-state index in [2.05, 4.69) is 10.3 Å². The highest BCUT2D eigenvalue weighted by Crippen LogP contribution is 2.20. The summed E-state index contributed by atoms with van der Waals surface area (Å²) in [4.78, 5) is 27.3. The third-order valence-corrected chi connectivity index (χ3v) is 4.63. The Kier molecular flexibility index (Phi) is 9.62. The number of halogens is 2. The number of carbonyl (C=O) groups is 2. The molecule has 0 spiro atoms. The van der Waals surface area contributed by atoms with Gasteiger partial charge in [0.2, 0.25) is 0 Å². The van der Waals surface area contributed by atoms with E-state index in [9.17, 15) is 19.8 Å². The van der Waals surface area contributed by atoms with Crippen LogP contribution in [0.15, 0.2) is 30.7 Å². The summed E-state index contributed by atoms with van der Waals surface area (Å²) in [5, 5.41) is 22.7. The summed E-state index contributed by atoms with van der Waals surface area (Å²) in [6.45, 7) is 4.19. The van der Waals surface area contributed by atoms with Gasteiger partial charge in [-0.15, -0.1) is 0 Å². The summed E-state index contributed by atoms with van der Waals surface area (Å²) in [6.07, 6.45) is 3.58. The summed E-state index contributed by atoms with van der Waals surface area (Å²) in [6, 6.07) is 3.18. The van der Waals surface area contributed by atoms with E-state index in [1.165, 1.54) is 0 Å². The largest absolute Gasteiger partial charge is 0.480 e. The number of carboxylic acids is 2. The Morgan fingerprint density at radius 3 is 2.21 bits per heavy atom. The predicted molar refractivity (Wildman–Crippen MR) is 114 cm³/mol. The highest BCUT2D eigenvalue weighted by atomic mass is 35.5. The first-order chi connectivity index (χ1) is 13.2. The zero-order valence-corrected chi connectivity index (χ0v) is 17.1. The first-order valence-corrected chi connectivity index (χ1v) is 9.57. The van der Waals surface area contributed by atoms with Gasteiger partial charge >= 0.3 is 11.9 Å². The lowest BCUT2D eigenvalue weighted by Crippen LogP contribution is -2.49. The van der Waals surface area contributed by atoms with Gasteiger partial charge in [0.1, 0.15) is 12.1 Å². The van der Waals surface area contributed by atoms with Gasteiger partial charge in [0, 0.05) is 34.9 Å². The lowest BCUT2D eigenvalue weighted by Gasteiger charge is -2.22. The third kappa shape index (κ3) is 7.68. The SMILES string of the molecule is C.CC(C)C[C@H](N[C@@H](Cc1cncn1Cc1cc(Cl)cc(Cl)c1)C(=O)O)C(=O)O. The number of nitrogens with zero attached hydrogens (tertiary/aromatic N) is 2. The first kappa shape index (κ1) is 24.9. The summed E-state index contributed by atoms with van der Waals surface area (Å²) in [5.41, 5.74) is 1.50. The maximum atomic E-state index is 11.7. The van der Waals surface area contributed by atoms with E-state index in [1.54, 1.807) is 35.3 Å². The second kappa shape index (κ2) is 11.2. The minimum atomic E-state index is -1.12. The van der Waals surface area contributed by atoms with E-state index in [0.717, 1.165) is 5.56 Å². The number of hydrogen-bond donors (Lipinski definition) is 3. The second-order valence-corrected chi connectivity index (χ2v) is 7.95. The Balaban J connectivity index is 0.00000420. The number of imidazole rings is 1. The van der Waals surface area contributed by atoms with Crippen molar-refractivity contribution in [3.05, 3.63) is 52.0 Å². The molecule has 0 saturated carbocycles. The van der Waals surface area contributed by atoms with Crippen molar-refractivity contribution in [3.63, 3.8) is 0 Å². The van der Waals surface area contributed by atoms with E-state index in [1.807, 2.05) is 13.8 Å². The van der Waals surface area contributed by atoms with Gasteiger partial charge in [0.05, 0.1) is 6.33 Å². The molecule has 0 saturated heterocycles. The second-order valence-electron chi connectivity index (χ2n) is 7.07. The van der Waals surface area contributed by atoms with Crippen molar-refractivity contribution in [2.45, 2.75) is 52.7 Å². The Bertz CT molecular complexity index is 819. The standard InChI is InChI=1S/C19H23Cl2N3O4.CH4/c1-11(2)3-16(18(25)26)23-17(19(27)28)7-15-8-22-10-24(15)9-12-4-13(20)6-14(21)5-12;/h4-6,8,10-11,16-17,23H,3,7,9H2,1-2H3,(H,25,26)(H,27,28);1H4/t16-,17-;/m0./s1. The van der Waals surface area contributed by atoms with Crippen LogP contribution >= 0.6 is 23.2 Å². The molecular weight excluding hydrogens is 417 g/mol. The Morgan fingerprint density at radius 1 is 1.10 bits per heavy atom. The van der Waals surface area contributed by atoms with Crippen LogP contribution in [0, 0.1) is 5.92 Å². The lowest BCUT2D eigenvalue weighted by atomic mass is 10.0. The van der Waals surface area contributed by atoms with Gasteiger partial charge in [-0.1, -0.05) is 44.5 Å². The van der Waals surface area contributed by atoms with Gasteiger partial charge in [-0.2, -0.15) is 0 Å². The molecule has 0 amide bonds. The number of aliphatic carboxylic acids is 2. The van der Waals surface area contributed by atoms with Gasteiger partial charge < -0.3 is 14.8 Å². The summed E-state index contributed by atoms with van der Waals surface area (Å²) in [5.74, 6) is -2.07. The lowest BCUT2D eigenvalue weighted by molar-refractivity contribution is -0.142. The number of benzene rings is 1. The topological polar surface area (TPSA) is 104 Å². The van der Waals surface area contributed by atoms with E-state index in [-0.39, 0.29) is 19.8 Å². The van der Waals surface area contributed by atoms with Gasteiger partial charge in [0.25, 0.3) is 0 Å². The highest BCUT2D eigenvalue weighted by Gasteiger charge is 2.27. The average Bonchev–Trinajstić information content (AvgIpc) is 2.98. The molecule has 7 nitrogen and oxygen atoms in total. The molecule has 0 aliphatic heterocycles. The minimum Gasteiger partial charge on any atom is -0.480 e. The molecule has 0 unspecified atom stereocenters. The molecule has 0 aliphatic carbocycles. The van der Waals surface area contributed by atoms with Crippen molar-refractivity contribution in [2.75, 3.05) is 0 Å². The molecule has 0 aliphatic rings. The summed E-state index contributed by atoms with van der Waals surface area (Å²) in [7, 11) is 0. The van der Waals surface area contributed by atoms with Crippen molar-refractivity contribution >= 4 is 35.1 Å². The Labute approximate surface area is 180 Å². The van der Waals surface area contributed by atoms with Crippen LogP contribution in [0.25, 0.3) is 0 Å². The van der Waals surface area contributed by atoms with Crippen molar-refractivity contribution in [3.8, 4) is 0 Å². The van der Waals surface area contributed by atoms with E-state index in [0.29, 0.717) is 28.7 Å². The van der Waals surface area contributed by atoms with Crippen LogP contribution in [-0.2, 0) is 22.6 Å². The van der Waals surface area contributed by atoms with Crippen LogP contribution < -0.4 is 5.32 Å². The molecule has 1 heterocycles. The fraction of sp³-hybridized carbons (Fsp3) is 0.450. The van der Waals surface area contributed by atoms with Crippen molar-refractivity contribution in [1.29, 1.82) is 0 Å². The van der Waals surface area contributed by atoms with Crippen LogP contribution in [0.4, 0.5) is 0 Å². The molecule has 9 heteroatoms. The molecule has 2 atom stereocenters. The third-order valence-electron chi connectivity index (χ3n) is 4.19. The van der Waals surface area contributed by atoms with Gasteiger partial charge in [-0.25, -0.2) is 4.98 Å². The highest BCUT2D eigenvalue weighted by molar-refractivity contribution is 6.34. The molecule has 2 aromatic rings. The summed E-state index contributed by atoms with van der Waals surface area (Å²) >= 11 is 12.1. The molecule has 0 radical (unpaired) electrons. The van der Waals surface area contributed by atoms with Crippen LogP contribution in [0.5, 0.6) is 0 Å². The van der Waals surface area contributed by atoms with Gasteiger partial charge in [0.15, 0.2) is 0 Å². The van der Waals surface area contributed by atoms with Gasteiger partial charge in [-0.3, -0.25) is 14.9 Å². The molecule has 160 valence electrons.